The van der Waals surface area contributed by atoms with E-state index in [1.165, 1.54) is 6.33 Å². The number of amides is 3. The van der Waals surface area contributed by atoms with E-state index < -0.39 is 6.04 Å². The van der Waals surface area contributed by atoms with Gasteiger partial charge in [0.25, 0.3) is 0 Å². The Kier molecular flexibility index (Phi) is 5.57. The van der Waals surface area contributed by atoms with Crippen LogP contribution in [0, 0.1) is 0 Å². The Morgan fingerprint density at radius 3 is 2.50 bits per heavy atom. The first kappa shape index (κ1) is 18.0. The Bertz CT molecular complexity index is 742. The van der Waals surface area contributed by atoms with Gasteiger partial charge in [-0.25, -0.2) is 9.89 Å². The lowest BCUT2D eigenvalue weighted by Gasteiger charge is -2.36. The minimum Gasteiger partial charge on any atom is -0.368 e. The van der Waals surface area contributed by atoms with Gasteiger partial charge in [-0.1, -0.05) is 11.6 Å². The van der Waals surface area contributed by atoms with E-state index in [1.54, 1.807) is 11.8 Å². The van der Waals surface area contributed by atoms with Crippen LogP contribution in [0.1, 0.15) is 6.92 Å². The zero-order valence-corrected chi connectivity index (χ0v) is 15.0. The predicted octanol–water partition coefficient (Wildman–Crippen LogP) is 1.32. The normalized spacial score (nSPS) is 15.5. The van der Waals surface area contributed by atoms with Crippen molar-refractivity contribution in [1.29, 1.82) is 0 Å². The molecule has 1 aromatic heterocycles. The molecule has 0 aliphatic carbocycles. The summed E-state index contributed by atoms with van der Waals surface area (Å²) < 4.78 is 0. The van der Waals surface area contributed by atoms with E-state index in [4.69, 9.17) is 11.6 Å². The number of benzene rings is 1. The first-order valence-electron chi connectivity index (χ1n) is 8.25. The van der Waals surface area contributed by atoms with Crippen LogP contribution in [0.25, 0.3) is 0 Å². The molecule has 0 saturated carbocycles. The van der Waals surface area contributed by atoms with Crippen molar-refractivity contribution in [3.8, 4) is 0 Å². The third kappa shape index (κ3) is 4.42. The number of aromatic amines is 1. The molecule has 138 valence electrons. The fourth-order valence-electron chi connectivity index (χ4n) is 2.65. The lowest BCUT2D eigenvalue weighted by molar-refractivity contribution is -0.117. The molecule has 0 spiro atoms. The van der Waals surface area contributed by atoms with Gasteiger partial charge in [0.1, 0.15) is 12.4 Å². The molecule has 1 unspecified atom stereocenters. The number of hydrogen-bond donors (Lipinski definition) is 3. The number of H-pyrrole nitrogens is 1. The van der Waals surface area contributed by atoms with Gasteiger partial charge in [-0.15, -0.1) is 0 Å². The Hall–Kier alpha value is -2.81. The average Bonchev–Trinajstić information content (AvgIpc) is 3.15. The highest BCUT2D eigenvalue weighted by Crippen LogP contribution is 2.19. The van der Waals surface area contributed by atoms with Crippen molar-refractivity contribution in [2.24, 2.45) is 0 Å². The van der Waals surface area contributed by atoms with Crippen LogP contribution in [0.2, 0.25) is 5.02 Å². The van der Waals surface area contributed by atoms with Gasteiger partial charge in [-0.2, -0.15) is 10.1 Å². The summed E-state index contributed by atoms with van der Waals surface area (Å²) >= 11 is 5.91. The van der Waals surface area contributed by atoms with Crippen molar-refractivity contribution in [3.63, 3.8) is 0 Å². The van der Waals surface area contributed by atoms with Crippen LogP contribution >= 0.6 is 11.6 Å². The van der Waals surface area contributed by atoms with Crippen LogP contribution in [0.5, 0.6) is 0 Å². The summed E-state index contributed by atoms with van der Waals surface area (Å²) in [6.07, 6.45) is 1.29. The lowest BCUT2D eigenvalue weighted by atomic mass is 10.2. The SMILES string of the molecule is CC(NC(=O)N1CCN(c2ccc(Cl)cc2)CC1)C(=O)Nc1ncn[nH]1. The topological polar surface area (TPSA) is 106 Å². The van der Waals surface area contributed by atoms with E-state index in [1.807, 2.05) is 24.3 Å². The maximum atomic E-state index is 12.4. The average molecular weight is 378 g/mol. The second-order valence-corrected chi connectivity index (χ2v) is 6.38. The molecular formula is C16H20ClN7O2. The Balaban J connectivity index is 1.47. The lowest BCUT2D eigenvalue weighted by Crippen LogP contribution is -2.54. The third-order valence-electron chi connectivity index (χ3n) is 4.15. The Morgan fingerprint density at radius 2 is 1.88 bits per heavy atom. The van der Waals surface area contributed by atoms with Gasteiger partial charge >= 0.3 is 6.03 Å². The molecule has 3 amide bonds. The summed E-state index contributed by atoms with van der Waals surface area (Å²) in [5.74, 6) is -0.123. The van der Waals surface area contributed by atoms with E-state index in [-0.39, 0.29) is 17.9 Å². The van der Waals surface area contributed by atoms with Crippen LogP contribution in [0.15, 0.2) is 30.6 Å². The van der Waals surface area contributed by atoms with Crippen LogP contribution in [-0.2, 0) is 4.79 Å². The van der Waals surface area contributed by atoms with Gasteiger partial charge in [0.2, 0.25) is 11.9 Å². The predicted molar refractivity (Wildman–Crippen MR) is 98.2 cm³/mol. The number of rotatable bonds is 4. The zero-order valence-electron chi connectivity index (χ0n) is 14.3. The van der Waals surface area contributed by atoms with E-state index in [0.29, 0.717) is 31.2 Å². The maximum absolute atomic E-state index is 12.4. The second-order valence-electron chi connectivity index (χ2n) is 5.95. The van der Waals surface area contributed by atoms with E-state index >= 15 is 0 Å². The highest BCUT2D eigenvalue weighted by Gasteiger charge is 2.24. The third-order valence-corrected chi connectivity index (χ3v) is 4.40. The molecule has 2 aromatic rings. The zero-order chi connectivity index (χ0) is 18.5. The molecule has 1 aliphatic heterocycles. The molecule has 1 atom stereocenters. The van der Waals surface area contributed by atoms with Crippen LogP contribution in [0.3, 0.4) is 0 Å². The smallest absolute Gasteiger partial charge is 0.318 e. The number of piperazine rings is 1. The molecule has 26 heavy (non-hydrogen) atoms. The number of halogens is 1. The quantitative estimate of drug-likeness (QED) is 0.745. The summed E-state index contributed by atoms with van der Waals surface area (Å²) in [4.78, 5) is 32.1. The number of carbonyl (C=O) groups excluding carboxylic acids is 2. The van der Waals surface area contributed by atoms with Crippen LogP contribution in [-0.4, -0.2) is 64.2 Å². The van der Waals surface area contributed by atoms with Crippen LogP contribution < -0.4 is 15.5 Å². The summed E-state index contributed by atoms with van der Waals surface area (Å²) in [5.41, 5.74) is 1.08. The molecule has 1 fully saturated rings. The van der Waals surface area contributed by atoms with Gasteiger partial charge in [0, 0.05) is 36.9 Å². The number of aromatic nitrogens is 3. The van der Waals surface area contributed by atoms with Gasteiger partial charge in [-0.05, 0) is 31.2 Å². The van der Waals surface area contributed by atoms with Crippen molar-refractivity contribution in [2.75, 3.05) is 36.4 Å². The van der Waals surface area contributed by atoms with E-state index in [2.05, 4.69) is 30.7 Å². The maximum Gasteiger partial charge on any atom is 0.318 e. The Labute approximate surface area is 155 Å². The first-order chi connectivity index (χ1) is 12.5. The van der Waals surface area contributed by atoms with Crippen molar-refractivity contribution in [2.45, 2.75) is 13.0 Å². The minimum atomic E-state index is -0.693. The largest absolute Gasteiger partial charge is 0.368 e. The van der Waals surface area contributed by atoms with E-state index in [0.717, 1.165) is 5.69 Å². The molecule has 1 saturated heterocycles. The summed E-state index contributed by atoms with van der Waals surface area (Å²) in [6.45, 7) is 4.20. The highest BCUT2D eigenvalue weighted by molar-refractivity contribution is 6.30. The molecular weight excluding hydrogens is 358 g/mol. The van der Waals surface area contributed by atoms with Crippen LogP contribution in [0.4, 0.5) is 16.4 Å². The number of anilines is 2. The fraction of sp³-hybridized carbons (Fsp3) is 0.375. The summed E-state index contributed by atoms with van der Waals surface area (Å²) in [5, 5.41) is 12.1. The highest BCUT2D eigenvalue weighted by atomic mass is 35.5. The molecule has 1 aromatic carbocycles. The first-order valence-corrected chi connectivity index (χ1v) is 8.63. The number of carbonyl (C=O) groups is 2. The summed E-state index contributed by atoms with van der Waals surface area (Å²) in [7, 11) is 0. The van der Waals surface area contributed by atoms with Crippen molar-refractivity contribution in [1.82, 2.24) is 25.4 Å². The molecule has 9 nitrogen and oxygen atoms in total. The molecule has 0 radical (unpaired) electrons. The Morgan fingerprint density at radius 1 is 1.19 bits per heavy atom. The molecule has 2 heterocycles. The van der Waals surface area contributed by atoms with Gasteiger partial charge in [0.05, 0.1) is 0 Å². The summed E-state index contributed by atoms with van der Waals surface area (Å²) in [6, 6.07) is 6.68. The number of hydrogen-bond acceptors (Lipinski definition) is 5. The molecule has 3 rings (SSSR count). The standard InChI is InChI=1S/C16H20ClN7O2/c1-11(14(25)21-15-18-10-19-22-15)20-16(26)24-8-6-23(7-9-24)13-4-2-12(17)3-5-13/h2-5,10-11H,6-9H2,1H3,(H,20,26)(H2,18,19,21,22,25). The number of urea groups is 1. The fourth-order valence-corrected chi connectivity index (χ4v) is 2.78. The number of nitrogens with one attached hydrogen (secondary N) is 3. The van der Waals surface area contributed by atoms with Crippen molar-refractivity contribution >= 4 is 35.2 Å². The minimum absolute atomic E-state index is 0.243. The molecule has 3 N–H and O–H groups in total. The molecule has 10 heteroatoms. The van der Waals surface area contributed by atoms with Gasteiger partial charge < -0.3 is 15.1 Å². The molecule has 1 aliphatic rings. The van der Waals surface area contributed by atoms with Gasteiger partial charge in [-0.3, -0.25) is 10.1 Å². The second kappa shape index (κ2) is 8.05. The van der Waals surface area contributed by atoms with Crippen molar-refractivity contribution < 1.29 is 9.59 Å². The van der Waals surface area contributed by atoms with Crippen molar-refractivity contribution in [3.05, 3.63) is 35.6 Å². The molecule has 0 bridgehead atoms. The van der Waals surface area contributed by atoms with Gasteiger partial charge in [0.15, 0.2) is 0 Å². The monoisotopic (exact) mass is 377 g/mol. The van der Waals surface area contributed by atoms with E-state index in [9.17, 15) is 9.59 Å². The number of nitrogens with zero attached hydrogens (tertiary/aromatic N) is 4.